The Morgan fingerprint density at radius 2 is 2.07 bits per heavy atom. The molecule has 0 aliphatic carbocycles. The number of aromatic amines is 1. The summed E-state index contributed by atoms with van der Waals surface area (Å²) in [4.78, 5) is 33.6. The maximum Gasteiger partial charge on any atom is 0.258 e. The Kier molecular flexibility index (Phi) is 6.38. The lowest BCUT2D eigenvalue weighted by Gasteiger charge is -2.19. The van der Waals surface area contributed by atoms with Crippen LogP contribution in [-0.2, 0) is 11.3 Å². The van der Waals surface area contributed by atoms with Crippen LogP contribution in [0.4, 0.5) is 10.1 Å². The maximum atomic E-state index is 13.8. The average Bonchev–Trinajstić information content (AvgIpc) is 2.67. The molecule has 3 rings (SSSR count). The van der Waals surface area contributed by atoms with Crippen LogP contribution < -0.4 is 10.9 Å². The van der Waals surface area contributed by atoms with Crippen molar-refractivity contribution >= 4 is 34.1 Å². The number of carbonyl (C=O) groups is 1. The zero-order valence-electron chi connectivity index (χ0n) is 15.3. The zero-order chi connectivity index (χ0) is 20.1. The third-order valence-electron chi connectivity index (χ3n) is 4.34. The number of aromatic nitrogens is 2. The van der Waals surface area contributed by atoms with E-state index in [1.807, 2.05) is 17.9 Å². The Morgan fingerprint density at radius 1 is 1.29 bits per heavy atom. The number of carbonyl (C=O) groups excluding carboxylic acids is 1. The van der Waals surface area contributed by atoms with E-state index in [1.54, 1.807) is 18.2 Å². The third-order valence-corrected chi connectivity index (χ3v) is 4.58. The molecule has 2 aromatic carbocycles. The summed E-state index contributed by atoms with van der Waals surface area (Å²) in [6.07, 6.45) is 0.174. The van der Waals surface area contributed by atoms with Crippen LogP contribution in [0.5, 0.6) is 0 Å². The second kappa shape index (κ2) is 8.95. The molecule has 8 heteroatoms. The molecule has 0 aliphatic rings. The van der Waals surface area contributed by atoms with Crippen molar-refractivity contribution in [1.29, 1.82) is 0 Å². The summed E-state index contributed by atoms with van der Waals surface area (Å²) in [5, 5.41) is 3.35. The second-order valence-corrected chi connectivity index (χ2v) is 6.76. The number of anilines is 1. The second-order valence-electron chi connectivity index (χ2n) is 6.32. The van der Waals surface area contributed by atoms with Gasteiger partial charge in [0, 0.05) is 18.0 Å². The molecule has 0 saturated carbocycles. The van der Waals surface area contributed by atoms with Crippen molar-refractivity contribution < 1.29 is 9.18 Å². The number of hydrogen-bond donors (Lipinski definition) is 2. The van der Waals surface area contributed by atoms with Crippen molar-refractivity contribution in [3.05, 3.63) is 69.5 Å². The minimum atomic E-state index is -0.578. The van der Waals surface area contributed by atoms with E-state index < -0.39 is 5.82 Å². The van der Waals surface area contributed by atoms with Gasteiger partial charge in [0.25, 0.3) is 5.56 Å². The fourth-order valence-corrected chi connectivity index (χ4v) is 2.99. The van der Waals surface area contributed by atoms with Gasteiger partial charge in [0.15, 0.2) is 0 Å². The number of para-hydroxylation sites is 1. The van der Waals surface area contributed by atoms with Crippen LogP contribution in [0, 0.1) is 5.82 Å². The minimum Gasteiger partial charge on any atom is -0.324 e. The van der Waals surface area contributed by atoms with Gasteiger partial charge in [-0.3, -0.25) is 14.5 Å². The molecule has 0 atom stereocenters. The number of H-pyrrole nitrogens is 1. The number of amides is 1. The number of benzene rings is 2. The van der Waals surface area contributed by atoms with E-state index in [-0.39, 0.29) is 28.6 Å². The predicted octanol–water partition coefficient (Wildman–Crippen LogP) is 3.57. The fourth-order valence-electron chi connectivity index (χ4n) is 2.83. The number of rotatable bonds is 7. The lowest BCUT2D eigenvalue weighted by Crippen LogP contribution is -2.29. The van der Waals surface area contributed by atoms with E-state index in [9.17, 15) is 14.0 Å². The first-order valence-electron chi connectivity index (χ1n) is 8.91. The van der Waals surface area contributed by atoms with Gasteiger partial charge in [0.05, 0.1) is 23.1 Å². The molecule has 0 aliphatic heterocycles. The van der Waals surface area contributed by atoms with Crippen LogP contribution in [0.25, 0.3) is 10.9 Å². The number of fused-ring (bicyclic) bond motifs is 1. The molecule has 0 bridgehead atoms. The summed E-state index contributed by atoms with van der Waals surface area (Å²) in [6, 6.07) is 11.2. The highest BCUT2D eigenvalue weighted by Gasteiger charge is 2.12. The maximum absolute atomic E-state index is 13.8. The van der Waals surface area contributed by atoms with E-state index in [0.29, 0.717) is 36.4 Å². The lowest BCUT2D eigenvalue weighted by atomic mass is 10.2. The van der Waals surface area contributed by atoms with E-state index in [1.165, 1.54) is 12.1 Å². The Morgan fingerprint density at radius 3 is 2.82 bits per heavy atom. The van der Waals surface area contributed by atoms with Gasteiger partial charge in [0.2, 0.25) is 5.91 Å². The van der Waals surface area contributed by atoms with Crippen molar-refractivity contribution in [3.63, 3.8) is 0 Å². The molecule has 3 aromatic rings. The first kappa shape index (κ1) is 20.0. The molecule has 146 valence electrons. The minimum absolute atomic E-state index is 0.0953. The molecule has 6 nitrogen and oxygen atoms in total. The van der Waals surface area contributed by atoms with Gasteiger partial charge >= 0.3 is 0 Å². The average molecular weight is 403 g/mol. The number of halogens is 2. The smallest absolute Gasteiger partial charge is 0.258 e. The molecule has 0 fully saturated rings. The fraction of sp³-hybridized carbons (Fsp3) is 0.250. The molecular weight excluding hydrogens is 383 g/mol. The largest absolute Gasteiger partial charge is 0.324 e. The Balaban J connectivity index is 1.61. The molecular formula is C20H20ClFN4O2. The van der Waals surface area contributed by atoms with Crippen molar-refractivity contribution in [3.8, 4) is 0 Å². The molecule has 0 saturated heterocycles. The molecule has 0 radical (unpaired) electrons. The molecule has 28 heavy (non-hydrogen) atoms. The molecule has 0 spiro atoms. The Bertz CT molecular complexity index is 1050. The van der Waals surface area contributed by atoms with Gasteiger partial charge < -0.3 is 10.3 Å². The highest BCUT2D eigenvalue weighted by atomic mass is 35.5. The van der Waals surface area contributed by atoms with E-state index >= 15 is 0 Å². The van der Waals surface area contributed by atoms with Crippen LogP contribution in [0.3, 0.4) is 0 Å². The number of nitrogens with zero attached hydrogens (tertiary/aromatic N) is 2. The van der Waals surface area contributed by atoms with Gasteiger partial charge in [-0.1, -0.05) is 30.7 Å². The van der Waals surface area contributed by atoms with Crippen LogP contribution in [0.1, 0.15) is 19.2 Å². The van der Waals surface area contributed by atoms with Gasteiger partial charge in [-0.2, -0.15) is 0 Å². The number of nitrogens with one attached hydrogen (secondary N) is 2. The highest BCUT2D eigenvalue weighted by Crippen LogP contribution is 2.19. The van der Waals surface area contributed by atoms with Crippen LogP contribution in [0.15, 0.2) is 47.3 Å². The molecule has 1 aromatic heterocycles. The van der Waals surface area contributed by atoms with Gasteiger partial charge in [-0.15, -0.1) is 0 Å². The highest BCUT2D eigenvalue weighted by molar-refractivity contribution is 6.30. The SMILES string of the molecule is CCN(CCC(=O)Nc1ccc(Cl)cc1F)Cc1nc2ccccc2c(=O)[nH]1. The summed E-state index contributed by atoms with van der Waals surface area (Å²) in [7, 11) is 0. The lowest BCUT2D eigenvalue weighted by molar-refractivity contribution is -0.116. The summed E-state index contributed by atoms with van der Waals surface area (Å²) in [5.41, 5.74) is 0.541. The summed E-state index contributed by atoms with van der Waals surface area (Å²) >= 11 is 5.71. The van der Waals surface area contributed by atoms with E-state index in [0.717, 1.165) is 6.07 Å². The summed E-state index contributed by atoms with van der Waals surface area (Å²) in [5.74, 6) is -0.347. The molecule has 1 amide bonds. The molecule has 2 N–H and O–H groups in total. The van der Waals surface area contributed by atoms with Crippen LogP contribution >= 0.6 is 11.6 Å². The zero-order valence-corrected chi connectivity index (χ0v) is 16.1. The number of hydrogen-bond acceptors (Lipinski definition) is 4. The quantitative estimate of drug-likeness (QED) is 0.633. The third kappa shape index (κ3) is 4.94. The van der Waals surface area contributed by atoms with Crippen LogP contribution in [0.2, 0.25) is 5.02 Å². The van der Waals surface area contributed by atoms with Crippen molar-refractivity contribution in [2.75, 3.05) is 18.4 Å². The normalized spacial score (nSPS) is 11.1. The Labute approximate surface area is 166 Å². The first-order chi connectivity index (χ1) is 13.5. The van der Waals surface area contributed by atoms with Crippen molar-refractivity contribution in [1.82, 2.24) is 14.9 Å². The van der Waals surface area contributed by atoms with Crippen LogP contribution in [-0.4, -0.2) is 33.9 Å². The standard InChI is InChI=1S/C20H20ClFN4O2/c1-2-26(10-9-19(27)24-17-8-7-13(21)11-15(17)22)12-18-23-16-6-4-3-5-14(16)20(28)25-18/h3-8,11H,2,9-10,12H2,1H3,(H,24,27)(H,23,25,28). The topological polar surface area (TPSA) is 78.1 Å². The van der Waals surface area contributed by atoms with Gasteiger partial charge in [0.1, 0.15) is 11.6 Å². The Hall–Kier alpha value is -2.77. The first-order valence-corrected chi connectivity index (χ1v) is 9.29. The van der Waals surface area contributed by atoms with Gasteiger partial charge in [-0.05, 0) is 36.9 Å². The monoisotopic (exact) mass is 402 g/mol. The van der Waals surface area contributed by atoms with Crippen molar-refractivity contribution in [2.45, 2.75) is 19.9 Å². The predicted molar refractivity (Wildman–Crippen MR) is 108 cm³/mol. The molecule has 0 unspecified atom stereocenters. The van der Waals surface area contributed by atoms with E-state index in [4.69, 9.17) is 11.6 Å². The summed E-state index contributed by atoms with van der Waals surface area (Å²) in [6.45, 7) is 3.46. The van der Waals surface area contributed by atoms with E-state index in [2.05, 4.69) is 15.3 Å². The molecule has 1 heterocycles. The van der Waals surface area contributed by atoms with Crippen molar-refractivity contribution in [2.24, 2.45) is 0 Å². The van der Waals surface area contributed by atoms with Gasteiger partial charge in [-0.25, -0.2) is 9.37 Å². The summed E-state index contributed by atoms with van der Waals surface area (Å²) < 4.78 is 13.8.